The van der Waals surface area contributed by atoms with Crippen molar-refractivity contribution in [2.75, 3.05) is 7.05 Å². The molecule has 0 atom stereocenters. The van der Waals surface area contributed by atoms with Gasteiger partial charge in [-0.1, -0.05) is 31.0 Å². The molecule has 0 bridgehead atoms. The van der Waals surface area contributed by atoms with Crippen molar-refractivity contribution in [2.24, 2.45) is 5.92 Å². The molecule has 3 heteroatoms. The van der Waals surface area contributed by atoms with Crippen LogP contribution in [0.3, 0.4) is 0 Å². The summed E-state index contributed by atoms with van der Waals surface area (Å²) in [6.45, 7) is 1.93. The lowest BCUT2D eigenvalue weighted by atomic mass is 10.1. The molecular formula is C15H21N3. The molecule has 1 aliphatic rings. The Morgan fingerprint density at radius 3 is 2.83 bits per heavy atom. The number of hydrogen-bond donors (Lipinski definition) is 1. The molecule has 0 aliphatic heterocycles. The first-order valence-electron chi connectivity index (χ1n) is 6.97. The van der Waals surface area contributed by atoms with Crippen LogP contribution in [0, 0.1) is 5.92 Å². The van der Waals surface area contributed by atoms with Gasteiger partial charge in [0, 0.05) is 18.5 Å². The van der Waals surface area contributed by atoms with Gasteiger partial charge >= 0.3 is 0 Å². The van der Waals surface area contributed by atoms with Crippen LogP contribution in [0.4, 0.5) is 0 Å². The van der Waals surface area contributed by atoms with Gasteiger partial charge in [0.1, 0.15) is 0 Å². The van der Waals surface area contributed by atoms with Gasteiger partial charge in [0.15, 0.2) is 0 Å². The molecule has 18 heavy (non-hydrogen) atoms. The number of rotatable bonds is 4. The molecule has 1 saturated carbocycles. The summed E-state index contributed by atoms with van der Waals surface area (Å²) in [5.41, 5.74) is 2.46. The second kappa shape index (κ2) is 5.11. The Kier molecular flexibility index (Phi) is 3.33. The van der Waals surface area contributed by atoms with E-state index in [1.165, 1.54) is 42.3 Å². The van der Waals surface area contributed by atoms with Gasteiger partial charge in [-0.05, 0) is 31.9 Å². The lowest BCUT2D eigenvalue weighted by Gasteiger charge is -2.09. The number of para-hydroxylation sites is 1. The number of hydrogen-bond acceptors (Lipinski definition) is 2. The van der Waals surface area contributed by atoms with E-state index in [0.717, 1.165) is 19.0 Å². The average Bonchev–Trinajstić information content (AvgIpc) is 3.00. The van der Waals surface area contributed by atoms with Crippen molar-refractivity contribution >= 4 is 10.9 Å². The van der Waals surface area contributed by atoms with Crippen molar-refractivity contribution < 1.29 is 0 Å². The summed E-state index contributed by atoms with van der Waals surface area (Å²) >= 11 is 0. The largest absolute Gasteiger partial charge is 0.314 e. The van der Waals surface area contributed by atoms with Crippen LogP contribution in [0.1, 0.15) is 31.4 Å². The number of nitrogens with one attached hydrogen (secondary N) is 1. The van der Waals surface area contributed by atoms with Gasteiger partial charge in [0.2, 0.25) is 0 Å². The first kappa shape index (κ1) is 11.7. The van der Waals surface area contributed by atoms with Crippen molar-refractivity contribution in [1.29, 1.82) is 0 Å². The Hall–Kier alpha value is -1.35. The van der Waals surface area contributed by atoms with Crippen molar-refractivity contribution in [3.05, 3.63) is 30.0 Å². The summed E-state index contributed by atoms with van der Waals surface area (Å²) in [6, 6.07) is 8.58. The molecule has 0 radical (unpaired) electrons. The summed E-state index contributed by atoms with van der Waals surface area (Å²) in [6.07, 6.45) is 5.53. The fourth-order valence-electron chi connectivity index (χ4n) is 3.07. The van der Waals surface area contributed by atoms with Gasteiger partial charge in [0.25, 0.3) is 0 Å². The van der Waals surface area contributed by atoms with Crippen LogP contribution in [-0.4, -0.2) is 16.8 Å². The van der Waals surface area contributed by atoms with Crippen LogP contribution in [0.15, 0.2) is 24.3 Å². The molecule has 0 unspecified atom stereocenters. The minimum atomic E-state index is 0.829. The van der Waals surface area contributed by atoms with Crippen LogP contribution in [0.5, 0.6) is 0 Å². The third kappa shape index (κ3) is 2.15. The zero-order valence-electron chi connectivity index (χ0n) is 11.0. The third-order valence-electron chi connectivity index (χ3n) is 3.98. The zero-order chi connectivity index (χ0) is 12.4. The maximum atomic E-state index is 4.80. The monoisotopic (exact) mass is 243 g/mol. The van der Waals surface area contributed by atoms with E-state index >= 15 is 0 Å². The fraction of sp³-hybridized carbons (Fsp3) is 0.533. The maximum absolute atomic E-state index is 4.80. The molecule has 1 N–H and O–H groups in total. The highest BCUT2D eigenvalue weighted by molar-refractivity contribution is 5.81. The molecule has 1 heterocycles. The fourth-order valence-corrected chi connectivity index (χ4v) is 3.07. The number of nitrogens with zero attached hydrogens (tertiary/aromatic N) is 2. The van der Waals surface area contributed by atoms with Crippen LogP contribution in [-0.2, 0) is 13.1 Å². The van der Waals surface area contributed by atoms with E-state index in [1.807, 2.05) is 7.05 Å². The van der Waals surface area contributed by atoms with E-state index in [0.29, 0.717) is 0 Å². The first-order chi connectivity index (χ1) is 8.88. The maximum Gasteiger partial charge on any atom is 0.0841 e. The molecule has 0 amide bonds. The van der Waals surface area contributed by atoms with E-state index < -0.39 is 0 Å². The van der Waals surface area contributed by atoms with E-state index in [2.05, 4.69) is 34.3 Å². The van der Waals surface area contributed by atoms with Crippen LogP contribution in [0.25, 0.3) is 10.9 Å². The summed E-state index contributed by atoms with van der Waals surface area (Å²) in [5, 5.41) is 9.30. The predicted octanol–water partition coefficient (Wildman–Crippen LogP) is 2.95. The van der Waals surface area contributed by atoms with Crippen molar-refractivity contribution in [2.45, 2.75) is 38.8 Å². The van der Waals surface area contributed by atoms with Gasteiger partial charge in [-0.15, -0.1) is 0 Å². The van der Waals surface area contributed by atoms with Crippen LogP contribution in [0.2, 0.25) is 0 Å². The lowest BCUT2D eigenvalue weighted by molar-refractivity contribution is 0.435. The first-order valence-corrected chi connectivity index (χ1v) is 6.97. The SMILES string of the molecule is CNCc1nn(CC2CCCC2)c2ccccc12. The smallest absolute Gasteiger partial charge is 0.0841 e. The minimum Gasteiger partial charge on any atom is -0.314 e. The summed E-state index contributed by atoms with van der Waals surface area (Å²) in [4.78, 5) is 0. The molecule has 1 aliphatic carbocycles. The van der Waals surface area contributed by atoms with Gasteiger partial charge in [-0.3, -0.25) is 4.68 Å². The Balaban J connectivity index is 1.94. The summed E-state index contributed by atoms with van der Waals surface area (Å²) < 4.78 is 2.22. The van der Waals surface area contributed by atoms with Gasteiger partial charge in [0.05, 0.1) is 11.2 Å². The topological polar surface area (TPSA) is 29.9 Å². The number of benzene rings is 1. The molecule has 1 aromatic heterocycles. The van der Waals surface area contributed by atoms with Crippen molar-refractivity contribution in [1.82, 2.24) is 15.1 Å². The molecule has 0 spiro atoms. The predicted molar refractivity (Wildman–Crippen MR) is 74.5 cm³/mol. The van der Waals surface area contributed by atoms with E-state index in [1.54, 1.807) is 0 Å². The average molecular weight is 243 g/mol. The summed E-state index contributed by atoms with van der Waals surface area (Å²) in [7, 11) is 1.98. The highest BCUT2D eigenvalue weighted by Crippen LogP contribution is 2.28. The Bertz CT molecular complexity index is 524. The molecule has 0 saturated heterocycles. The van der Waals surface area contributed by atoms with Crippen molar-refractivity contribution in [3.8, 4) is 0 Å². The molecule has 3 rings (SSSR count). The molecule has 1 aromatic carbocycles. The Labute approximate surface area is 108 Å². The molecule has 1 fully saturated rings. The number of fused-ring (bicyclic) bond motifs is 1. The van der Waals surface area contributed by atoms with Gasteiger partial charge in [-0.2, -0.15) is 5.10 Å². The van der Waals surface area contributed by atoms with E-state index in [4.69, 9.17) is 5.10 Å². The molecule has 3 nitrogen and oxygen atoms in total. The van der Waals surface area contributed by atoms with Gasteiger partial charge in [-0.25, -0.2) is 0 Å². The van der Waals surface area contributed by atoms with E-state index in [9.17, 15) is 0 Å². The van der Waals surface area contributed by atoms with Crippen LogP contribution < -0.4 is 5.32 Å². The van der Waals surface area contributed by atoms with Crippen LogP contribution >= 0.6 is 0 Å². The normalized spacial score (nSPS) is 16.7. The lowest BCUT2D eigenvalue weighted by Crippen LogP contribution is -2.10. The highest BCUT2D eigenvalue weighted by atomic mass is 15.3. The van der Waals surface area contributed by atoms with E-state index in [-0.39, 0.29) is 0 Å². The zero-order valence-corrected chi connectivity index (χ0v) is 11.0. The second-order valence-corrected chi connectivity index (χ2v) is 5.33. The van der Waals surface area contributed by atoms with Gasteiger partial charge < -0.3 is 5.32 Å². The Morgan fingerprint density at radius 2 is 2.06 bits per heavy atom. The molecule has 2 aromatic rings. The molecule has 96 valence electrons. The Morgan fingerprint density at radius 1 is 1.28 bits per heavy atom. The highest BCUT2D eigenvalue weighted by Gasteiger charge is 2.18. The van der Waals surface area contributed by atoms with Crippen molar-refractivity contribution in [3.63, 3.8) is 0 Å². The third-order valence-corrected chi connectivity index (χ3v) is 3.98. The standard InChI is InChI=1S/C15H21N3/c1-16-10-14-13-8-4-5-9-15(13)18(17-14)11-12-6-2-3-7-12/h4-5,8-9,12,16H,2-3,6-7,10-11H2,1H3. The molecular weight excluding hydrogens is 222 g/mol. The minimum absolute atomic E-state index is 0.829. The number of aromatic nitrogens is 2. The second-order valence-electron chi connectivity index (χ2n) is 5.33. The quantitative estimate of drug-likeness (QED) is 0.894. The summed E-state index contributed by atoms with van der Waals surface area (Å²) in [5.74, 6) is 0.829.